The van der Waals surface area contributed by atoms with E-state index in [-0.39, 0.29) is 18.1 Å². The predicted molar refractivity (Wildman–Crippen MR) is 107 cm³/mol. The molecule has 0 aliphatic carbocycles. The Balaban J connectivity index is 2.18. The quantitative estimate of drug-likeness (QED) is 0.305. The molecular formula is C18H9Cl2F6N5S. The summed E-state index contributed by atoms with van der Waals surface area (Å²) in [6.07, 6.45) is -3.30. The molecule has 3 rings (SSSR count). The van der Waals surface area contributed by atoms with Crippen molar-refractivity contribution >= 4 is 40.8 Å². The summed E-state index contributed by atoms with van der Waals surface area (Å²) in [5.74, 6) is -0.335. The lowest BCUT2D eigenvalue weighted by Gasteiger charge is -2.16. The molecule has 0 saturated heterocycles. The van der Waals surface area contributed by atoms with E-state index in [2.05, 4.69) is 15.4 Å². The van der Waals surface area contributed by atoms with Crippen molar-refractivity contribution in [3.05, 3.63) is 63.5 Å². The zero-order valence-electron chi connectivity index (χ0n) is 15.4. The maximum atomic E-state index is 13.2. The number of hydrogen-bond acceptors (Lipinski definition) is 5. The summed E-state index contributed by atoms with van der Waals surface area (Å²) in [4.78, 5) is 3.44. The Kier molecular flexibility index (Phi) is 6.83. The molecule has 1 aromatic carbocycles. The van der Waals surface area contributed by atoms with Crippen LogP contribution in [-0.2, 0) is 12.7 Å². The molecule has 0 aliphatic heterocycles. The van der Waals surface area contributed by atoms with Gasteiger partial charge in [0.2, 0.25) is 0 Å². The van der Waals surface area contributed by atoms with Crippen molar-refractivity contribution in [1.82, 2.24) is 14.8 Å². The summed E-state index contributed by atoms with van der Waals surface area (Å²) in [7, 11) is 0. The van der Waals surface area contributed by atoms with Crippen molar-refractivity contribution in [3.8, 4) is 11.8 Å². The van der Waals surface area contributed by atoms with Crippen molar-refractivity contribution < 1.29 is 26.3 Å². The Morgan fingerprint density at radius 2 is 1.75 bits per heavy atom. The average Bonchev–Trinajstić information content (AvgIpc) is 3.01. The highest BCUT2D eigenvalue weighted by atomic mass is 35.5. The predicted octanol–water partition coefficient (Wildman–Crippen LogP) is 6.69. The van der Waals surface area contributed by atoms with E-state index in [9.17, 15) is 31.6 Å². The molecule has 0 bridgehead atoms. The minimum atomic E-state index is -4.78. The fourth-order valence-electron chi connectivity index (χ4n) is 2.61. The molecule has 0 aliphatic rings. The highest BCUT2D eigenvalue weighted by Gasteiger charge is 2.36. The van der Waals surface area contributed by atoms with Crippen molar-refractivity contribution in [1.29, 1.82) is 5.26 Å². The SMILES string of the molecule is N#Cc1nn(-c2c(Cl)cc(C(F)(F)F)cc2Cl)c(NCc2ccccn2)c1SC(F)(F)F. The van der Waals surface area contributed by atoms with Gasteiger partial charge in [0.1, 0.15) is 17.6 Å². The molecule has 14 heteroatoms. The molecule has 0 atom stereocenters. The summed E-state index contributed by atoms with van der Waals surface area (Å²) < 4.78 is 79.4. The van der Waals surface area contributed by atoms with Crippen LogP contribution in [0.2, 0.25) is 10.0 Å². The van der Waals surface area contributed by atoms with E-state index < -0.39 is 49.6 Å². The van der Waals surface area contributed by atoms with Gasteiger partial charge in [-0.1, -0.05) is 29.3 Å². The first-order valence-corrected chi connectivity index (χ1v) is 9.97. The van der Waals surface area contributed by atoms with E-state index in [1.54, 1.807) is 24.3 Å². The summed E-state index contributed by atoms with van der Waals surface area (Å²) in [6.45, 7) is -0.0846. The van der Waals surface area contributed by atoms with Crippen LogP contribution in [0.1, 0.15) is 17.0 Å². The number of nitrogens with one attached hydrogen (secondary N) is 1. The second-order valence-corrected chi connectivity index (χ2v) is 7.95. The molecule has 0 spiro atoms. The number of rotatable bonds is 5. The van der Waals surface area contributed by atoms with E-state index in [0.29, 0.717) is 17.8 Å². The van der Waals surface area contributed by atoms with Crippen LogP contribution in [0.15, 0.2) is 41.4 Å². The molecule has 0 saturated carbocycles. The van der Waals surface area contributed by atoms with E-state index >= 15 is 0 Å². The van der Waals surface area contributed by atoms with Gasteiger partial charge in [0.15, 0.2) is 5.69 Å². The van der Waals surface area contributed by atoms with E-state index in [1.165, 1.54) is 6.20 Å². The second kappa shape index (κ2) is 9.09. The molecule has 0 unspecified atom stereocenters. The third-order valence-electron chi connectivity index (χ3n) is 3.88. The minimum absolute atomic E-state index is 0.0846. The number of nitrogens with zero attached hydrogens (tertiary/aromatic N) is 4. The fourth-order valence-corrected chi connectivity index (χ4v) is 3.93. The number of pyridine rings is 1. The van der Waals surface area contributed by atoms with Crippen molar-refractivity contribution in [2.24, 2.45) is 0 Å². The highest BCUT2D eigenvalue weighted by Crippen LogP contribution is 2.45. The fraction of sp³-hybridized carbons (Fsp3) is 0.167. The van der Waals surface area contributed by atoms with Gasteiger partial charge in [-0.3, -0.25) is 4.98 Å². The van der Waals surface area contributed by atoms with E-state index in [1.807, 2.05) is 0 Å². The standard InChI is InChI=1S/C18H9Cl2F6N5S/c19-11-5-9(17(21,22)23)6-12(20)14(11)31-16(29-8-10-3-1-2-4-28-10)15(13(7-27)30-31)32-18(24,25)26/h1-6,29H,8H2. The van der Waals surface area contributed by atoms with Gasteiger partial charge in [-0.25, -0.2) is 4.68 Å². The van der Waals surface area contributed by atoms with Crippen molar-refractivity contribution in [2.75, 3.05) is 5.32 Å². The first-order chi connectivity index (χ1) is 14.9. The molecule has 168 valence electrons. The normalized spacial score (nSPS) is 12.0. The van der Waals surface area contributed by atoms with Crippen LogP contribution in [0.5, 0.6) is 0 Å². The van der Waals surface area contributed by atoms with Crippen LogP contribution in [0.4, 0.5) is 32.2 Å². The van der Waals surface area contributed by atoms with Gasteiger partial charge in [0.05, 0.1) is 32.7 Å². The van der Waals surface area contributed by atoms with Gasteiger partial charge in [-0.15, -0.1) is 0 Å². The average molecular weight is 512 g/mol. The third-order valence-corrected chi connectivity index (χ3v) is 5.28. The van der Waals surface area contributed by atoms with Crippen LogP contribution in [0, 0.1) is 11.3 Å². The topological polar surface area (TPSA) is 66.5 Å². The van der Waals surface area contributed by atoms with E-state index in [0.717, 1.165) is 4.68 Å². The molecule has 0 fully saturated rings. The molecule has 1 N–H and O–H groups in total. The Hall–Kier alpha value is -2.62. The molecule has 3 aromatic rings. The van der Waals surface area contributed by atoms with Crippen LogP contribution < -0.4 is 5.32 Å². The Labute approximate surface area is 190 Å². The second-order valence-electron chi connectivity index (χ2n) is 6.06. The van der Waals surface area contributed by atoms with Gasteiger partial charge >= 0.3 is 11.7 Å². The number of anilines is 1. The number of halogens is 8. The summed E-state index contributed by atoms with van der Waals surface area (Å²) in [5, 5.41) is 14.8. The number of alkyl halides is 6. The zero-order valence-corrected chi connectivity index (χ0v) is 17.7. The number of aromatic nitrogens is 3. The van der Waals surface area contributed by atoms with Crippen LogP contribution in [0.25, 0.3) is 5.69 Å². The van der Waals surface area contributed by atoms with Crippen LogP contribution in [-0.4, -0.2) is 20.3 Å². The monoisotopic (exact) mass is 511 g/mol. The minimum Gasteiger partial charge on any atom is -0.363 e. The highest BCUT2D eigenvalue weighted by molar-refractivity contribution is 8.00. The Bertz CT molecular complexity index is 1150. The van der Waals surface area contributed by atoms with Crippen LogP contribution >= 0.6 is 35.0 Å². The van der Waals surface area contributed by atoms with Crippen LogP contribution in [0.3, 0.4) is 0 Å². The smallest absolute Gasteiger partial charge is 0.363 e. The molecule has 2 aromatic heterocycles. The zero-order chi connectivity index (χ0) is 23.7. The van der Waals surface area contributed by atoms with Gasteiger partial charge < -0.3 is 5.32 Å². The largest absolute Gasteiger partial charge is 0.446 e. The molecule has 5 nitrogen and oxygen atoms in total. The first kappa shape index (κ1) is 24.0. The lowest BCUT2D eigenvalue weighted by Crippen LogP contribution is -2.11. The maximum Gasteiger partial charge on any atom is 0.446 e. The molecule has 0 amide bonds. The van der Waals surface area contributed by atoms with Gasteiger partial charge in [-0.2, -0.15) is 36.7 Å². The summed E-state index contributed by atoms with van der Waals surface area (Å²) >= 11 is 11.4. The van der Waals surface area contributed by atoms with E-state index in [4.69, 9.17) is 23.2 Å². The van der Waals surface area contributed by atoms with Gasteiger partial charge in [0.25, 0.3) is 0 Å². The Morgan fingerprint density at radius 1 is 1.09 bits per heavy atom. The third kappa shape index (κ3) is 5.40. The first-order valence-electron chi connectivity index (χ1n) is 8.40. The number of nitriles is 1. The van der Waals surface area contributed by atoms with Crippen molar-refractivity contribution in [3.63, 3.8) is 0 Å². The molecule has 2 heterocycles. The molecule has 32 heavy (non-hydrogen) atoms. The van der Waals surface area contributed by atoms with Crippen molar-refractivity contribution in [2.45, 2.75) is 23.1 Å². The number of hydrogen-bond donors (Lipinski definition) is 1. The maximum absolute atomic E-state index is 13.2. The van der Waals surface area contributed by atoms with Gasteiger partial charge in [0, 0.05) is 6.20 Å². The number of benzene rings is 1. The summed E-state index contributed by atoms with van der Waals surface area (Å²) in [5.41, 5.74) is -6.45. The number of thioether (sulfide) groups is 1. The Morgan fingerprint density at radius 3 is 2.25 bits per heavy atom. The molecular weight excluding hydrogens is 503 g/mol. The summed E-state index contributed by atoms with van der Waals surface area (Å²) in [6, 6.07) is 7.55. The lowest BCUT2D eigenvalue weighted by atomic mass is 10.2. The lowest BCUT2D eigenvalue weighted by molar-refractivity contribution is -0.137. The van der Waals surface area contributed by atoms with Gasteiger partial charge in [-0.05, 0) is 36.0 Å². The molecule has 0 radical (unpaired) electrons.